The number of halogens is 1. The van der Waals surface area contributed by atoms with E-state index in [1.165, 1.54) is 54.6 Å². The minimum absolute atomic E-state index is 0.00257. The number of nitrogens with zero attached hydrogens (tertiary/aromatic N) is 2. The third kappa shape index (κ3) is 5.94. The molecule has 166 valence electrons. The first-order chi connectivity index (χ1) is 15.7. The number of hydrogen-bond acceptors (Lipinski definition) is 7. The lowest BCUT2D eigenvalue weighted by atomic mass is 10.1. The SMILES string of the molecule is N#C/C(=C\c1ccc(OS(=O)(=O)c2ccccc2)cc1)C(=O)Nc1cc([N+](=O)[O-])ccc1Cl. The number of anilines is 1. The topological polar surface area (TPSA) is 139 Å². The van der Waals surface area contributed by atoms with E-state index in [0.29, 0.717) is 5.56 Å². The van der Waals surface area contributed by atoms with E-state index < -0.39 is 20.9 Å². The Bertz CT molecular complexity index is 1380. The van der Waals surface area contributed by atoms with Crippen molar-refractivity contribution in [3.63, 3.8) is 0 Å². The van der Waals surface area contributed by atoms with Gasteiger partial charge in [-0.1, -0.05) is 41.9 Å². The van der Waals surface area contributed by atoms with Gasteiger partial charge in [-0.2, -0.15) is 13.7 Å². The zero-order valence-electron chi connectivity index (χ0n) is 16.6. The van der Waals surface area contributed by atoms with Crippen molar-refractivity contribution in [1.82, 2.24) is 0 Å². The molecule has 0 heterocycles. The van der Waals surface area contributed by atoms with Gasteiger partial charge in [-0.25, -0.2) is 0 Å². The number of carbonyl (C=O) groups excluding carboxylic acids is 1. The van der Waals surface area contributed by atoms with Crippen molar-refractivity contribution in [2.45, 2.75) is 4.90 Å². The lowest BCUT2D eigenvalue weighted by Crippen LogP contribution is -2.14. The smallest absolute Gasteiger partial charge is 0.339 e. The summed E-state index contributed by atoms with van der Waals surface area (Å²) in [7, 11) is -4.01. The van der Waals surface area contributed by atoms with Gasteiger partial charge in [0.2, 0.25) is 0 Å². The second kappa shape index (κ2) is 9.95. The summed E-state index contributed by atoms with van der Waals surface area (Å²) in [6.07, 6.45) is 1.26. The second-order valence-electron chi connectivity index (χ2n) is 6.46. The van der Waals surface area contributed by atoms with Crippen LogP contribution in [0.15, 0.2) is 83.3 Å². The van der Waals surface area contributed by atoms with Gasteiger partial charge in [0, 0.05) is 12.1 Å². The summed E-state index contributed by atoms with van der Waals surface area (Å²) in [4.78, 5) is 22.7. The third-order valence-corrected chi connectivity index (χ3v) is 5.79. The summed E-state index contributed by atoms with van der Waals surface area (Å²) in [5, 5.41) is 22.7. The van der Waals surface area contributed by atoms with E-state index in [2.05, 4.69) is 5.32 Å². The van der Waals surface area contributed by atoms with Crippen molar-refractivity contribution in [1.29, 1.82) is 5.26 Å². The highest BCUT2D eigenvalue weighted by Crippen LogP contribution is 2.27. The van der Waals surface area contributed by atoms with E-state index in [-0.39, 0.29) is 32.6 Å². The van der Waals surface area contributed by atoms with Gasteiger partial charge in [0.1, 0.15) is 22.3 Å². The molecule has 0 aliphatic rings. The molecule has 0 spiro atoms. The predicted molar refractivity (Wildman–Crippen MR) is 121 cm³/mol. The van der Waals surface area contributed by atoms with Gasteiger partial charge in [-0.15, -0.1) is 0 Å². The fourth-order valence-corrected chi connectivity index (χ4v) is 3.73. The maximum absolute atomic E-state index is 12.5. The fraction of sp³-hybridized carbons (Fsp3) is 0. The minimum atomic E-state index is -4.01. The van der Waals surface area contributed by atoms with Crippen LogP contribution in [-0.2, 0) is 14.9 Å². The van der Waals surface area contributed by atoms with E-state index in [9.17, 15) is 28.6 Å². The summed E-state index contributed by atoms with van der Waals surface area (Å²) < 4.78 is 29.6. The quantitative estimate of drug-likeness (QED) is 0.171. The van der Waals surface area contributed by atoms with Crippen LogP contribution in [0.2, 0.25) is 5.02 Å². The van der Waals surface area contributed by atoms with Crippen LogP contribution in [0.1, 0.15) is 5.56 Å². The molecule has 0 aliphatic carbocycles. The normalized spacial score (nSPS) is 11.3. The highest BCUT2D eigenvalue weighted by Gasteiger charge is 2.17. The van der Waals surface area contributed by atoms with Gasteiger partial charge in [0.15, 0.2) is 0 Å². The highest BCUT2D eigenvalue weighted by molar-refractivity contribution is 7.87. The number of amides is 1. The van der Waals surface area contributed by atoms with Crippen molar-refractivity contribution < 1.29 is 22.3 Å². The number of nitro benzene ring substituents is 1. The van der Waals surface area contributed by atoms with E-state index in [1.54, 1.807) is 24.3 Å². The molecule has 0 unspecified atom stereocenters. The van der Waals surface area contributed by atoms with Crippen LogP contribution >= 0.6 is 11.6 Å². The van der Waals surface area contributed by atoms with Crippen molar-refractivity contribution in [3.05, 3.63) is 99.1 Å². The van der Waals surface area contributed by atoms with Crippen LogP contribution < -0.4 is 9.50 Å². The Balaban J connectivity index is 1.76. The van der Waals surface area contributed by atoms with Crippen LogP contribution in [0, 0.1) is 21.4 Å². The minimum Gasteiger partial charge on any atom is -0.379 e. The summed E-state index contributed by atoms with van der Waals surface area (Å²) >= 11 is 5.96. The molecule has 0 fully saturated rings. The van der Waals surface area contributed by atoms with Gasteiger partial charge in [-0.05, 0) is 42.0 Å². The van der Waals surface area contributed by atoms with Crippen molar-refractivity contribution >= 4 is 45.1 Å². The monoisotopic (exact) mass is 483 g/mol. The van der Waals surface area contributed by atoms with Gasteiger partial charge in [0.05, 0.1) is 15.6 Å². The maximum Gasteiger partial charge on any atom is 0.339 e. The molecular formula is C22H14ClN3O6S. The maximum atomic E-state index is 12.5. The number of benzene rings is 3. The molecule has 3 aromatic rings. The molecule has 33 heavy (non-hydrogen) atoms. The average Bonchev–Trinajstić information content (AvgIpc) is 2.80. The molecule has 3 rings (SSSR count). The lowest BCUT2D eigenvalue weighted by molar-refractivity contribution is -0.384. The molecule has 1 N–H and O–H groups in total. The van der Waals surface area contributed by atoms with E-state index in [0.717, 1.165) is 6.07 Å². The standard InChI is InChI=1S/C22H14ClN3O6S/c23-20-11-8-17(26(28)29)13-21(20)25-22(27)16(14-24)12-15-6-9-18(10-7-15)32-33(30,31)19-4-2-1-3-5-19/h1-13H,(H,25,27)/b16-12+. The van der Waals surface area contributed by atoms with Crippen LogP contribution in [-0.4, -0.2) is 19.2 Å². The van der Waals surface area contributed by atoms with Gasteiger partial charge >= 0.3 is 10.1 Å². The molecule has 9 nitrogen and oxygen atoms in total. The largest absolute Gasteiger partial charge is 0.379 e. The molecule has 0 saturated heterocycles. The molecule has 0 saturated carbocycles. The van der Waals surface area contributed by atoms with E-state index in [1.807, 2.05) is 0 Å². The molecule has 0 aromatic heterocycles. The number of carbonyl (C=O) groups is 1. The molecule has 3 aromatic carbocycles. The average molecular weight is 484 g/mol. The fourth-order valence-electron chi connectivity index (χ4n) is 2.61. The number of nitriles is 1. The van der Waals surface area contributed by atoms with Crippen molar-refractivity contribution in [2.24, 2.45) is 0 Å². The van der Waals surface area contributed by atoms with E-state index >= 15 is 0 Å². The summed E-state index contributed by atoms with van der Waals surface area (Å²) in [5.74, 6) is -0.783. The molecule has 0 bridgehead atoms. The highest BCUT2D eigenvalue weighted by atomic mass is 35.5. The van der Waals surface area contributed by atoms with Gasteiger partial charge in [0.25, 0.3) is 11.6 Å². The van der Waals surface area contributed by atoms with Gasteiger partial charge < -0.3 is 9.50 Å². The second-order valence-corrected chi connectivity index (χ2v) is 8.42. The zero-order chi connectivity index (χ0) is 24.0. The Morgan fingerprint density at radius 3 is 2.36 bits per heavy atom. The molecule has 1 amide bonds. The number of hydrogen-bond donors (Lipinski definition) is 1. The lowest BCUT2D eigenvalue weighted by Gasteiger charge is -2.08. The molecule has 0 radical (unpaired) electrons. The Hall–Kier alpha value is -4.20. The first-order valence-corrected chi connectivity index (χ1v) is 10.9. The molecule has 11 heteroatoms. The van der Waals surface area contributed by atoms with Crippen LogP contribution in [0.3, 0.4) is 0 Å². The summed E-state index contributed by atoms with van der Waals surface area (Å²) in [6, 6.07) is 18.5. The number of rotatable bonds is 7. The summed E-state index contributed by atoms with van der Waals surface area (Å²) in [6.45, 7) is 0. The Labute approximate surface area is 193 Å². The Morgan fingerprint density at radius 1 is 1.09 bits per heavy atom. The van der Waals surface area contributed by atoms with Crippen LogP contribution in [0.25, 0.3) is 6.08 Å². The first kappa shape index (κ1) is 23.5. The van der Waals surface area contributed by atoms with Gasteiger partial charge in [-0.3, -0.25) is 14.9 Å². The Morgan fingerprint density at radius 2 is 1.76 bits per heavy atom. The molecular weight excluding hydrogens is 470 g/mol. The summed E-state index contributed by atoms with van der Waals surface area (Å²) in [5.41, 5.74) is -0.190. The number of non-ortho nitro benzene ring substituents is 1. The number of nitro groups is 1. The zero-order valence-corrected chi connectivity index (χ0v) is 18.2. The third-order valence-electron chi connectivity index (χ3n) is 4.20. The van der Waals surface area contributed by atoms with Crippen molar-refractivity contribution in [3.8, 4) is 11.8 Å². The number of nitrogens with one attached hydrogen (secondary N) is 1. The first-order valence-electron chi connectivity index (χ1n) is 9.16. The molecule has 0 atom stereocenters. The van der Waals surface area contributed by atoms with E-state index in [4.69, 9.17) is 15.8 Å². The van der Waals surface area contributed by atoms with Crippen LogP contribution in [0.5, 0.6) is 5.75 Å². The molecule has 0 aliphatic heterocycles. The Kier molecular flexibility index (Phi) is 7.07. The predicted octanol–water partition coefficient (Wildman–Crippen LogP) is 4.56. The van der Waals surface area contributed by atoms with Crippen LogP contribution in [0.4, 0.5) is 11.4 Å². The van der Waals surface area contributed by atoms with Crippen molar-refractivity contribution in [2.75, 3.05) is 5.32 Å².